The van der Waals surface area contributed by atoms with Crippen molar-refractivity contribution < 1.29 is 6.22 Å². The Hall–Kier alpha value is -0.530. The van der Waals surface area contributed by atoms with Crippen LogP contribution in [0, 0.1) is 0 Å². The van der Waals surface area contributed by atoms with E-state index in [9.17, 15) is 4.79 Å². The number of carbonyl (C=O) groups excluding carboxylic acids is 1. The van der Waals surface area contributed by atoms with Gasteiger partial charge in [0, 0.05) is 13.9 Å². The van der Waals surface area contributed by atoms with Crippen molar-refractivity contribution in [2.24, 2.45) is 0 Å². The zero-order valence-corrected chi connectivity index (χ0v) is 6.40. The number of carbonyl (C=O) groups is 1. The van der Waals surface area contributed by atoms with Crippen LogP contribution in [-0.4, -0.2) is 11.9 Å². The Morgan fingerprint density at radius 2 is 2.22 bits per heavy atom. The molecule has 1 rings (SSSR count). The predicted molar refractivity (Wildman–Crippen MR) is 40.3 cm³/mol. The summed E-state index contributed by atoms with van der Waals surface area (Å²) in [4.78, 5) is 10.3. The van der Waals surface area contributed by atoms with Crippen LogP contribution in [0.15, 0.2) is 0 Å². The third-order valence-corrected chi connectivity index (χ3v) is 1.21. The third kappa shape index (κ3) is 3.12. The SMILES string of the molecule is CC.C[C@H]1CCC(=O)N1.[HH]. The van der Waals surface area contributed by atoms with Crippen LogP contribution in [0.5, 0.6) is 0 Å². The Morgan fingerprint density at radius 3 is 2.33 bits per heavy atom. The first-order valence-electron chi connectivity index (χ1n) is 3.58. The maximum absolute atomic E-state index is 10.3. The largest absolute Gasteiger partial charge is 0.354 e. The summed E-state index contributed by atoms with van der Waals surface area (Å²) in [5.74, 6) is 0.201. The molecule has 1 amide bonds. The van der Waals surface area contributed by atoms with E-state index in [1.54, 1.807) is 0 Å². The van der Waals surface area contributed by atoms with Crippen LogP contribution in [0.25, 0.3) is 0 Å². The van der Waals surface area contributed by atoms with Crippen molar-refractivity contribution in [1.29, 1.82) is 0 Å². The van der Waals surface area contributed by atoms with Gasteiger partial charge >= 0.3 is 0 Å². The molecule has 1 aliphatic heterocycles. The fourth-order valence-electron chi connectivity index (χ4n) is 0.767. The number of amides is 1. The van der Waals surface area contributed by atoms with Gasteiger partial charge in [-0.25, -0.2) is 0 Å². The second-order valence-electron chi connectivity index (χ2n) is 2.01. The molecule has 1 fully saturated rings. The minimum absolute atomic E-state index is 0. The van der Waals surface area contributed by atoms with E-state index < -0.39 is 0 Å². The number of nitrogens with one attached hydrogen (secondary N) is 1. The Kier molecular flexibility index (Phi) is 4.10. The second-order valence-corrected chi connectivity index (χ2v) is 2.01. The molecule has 1 aliphatic rings. The van der Waals surface area contributed by atoms with E-state index in [0.717, 1.165) is 12.8 Å². The molecule has 9 heavy (non-hydrogen) atoms. The standard InChI is InChI=1S/C5H9NO.C2H6.H2/c1-4-2-3-5(7)6-4;1-2;/h4H,2-3H2,1H3,(H,6,7);1-2H3;1H/t4-;;/m0../s1. The van der Waals surface area contributed by atoms with E-state index in [1.807, 2.05) is 20.8 Å². The van der Waals surface area contributed by atoms with Crippen LogP contribution in [0.3, 0.4) is 0 Å². The van der Waals surface area contributed by atoms with Gasteiger partial charge in [-0.3, -0.25) is 4.79 Å². The molecule has 2 nitrogen and oxygen atoms in total. The lowest BCUT2D eigenvalue weighted by Gasteiger charge is -1.95. The highest BCUT2D eigenvalue weighted by molar-refractivity contribution is 5.78. The monoisotopic (exact) mass is 131 g/mol. The molecule has 0 unspecified atom stereocenters. The number of rotatable bonds is 0. The molecule has 56 valence electrons. The van der Waals surface area contributed by atoms with E-state index in [-0.39, 0.29) is 7.33 Å². The molecule has 0 radical (unpaired) electrons. The maximum Gasteiger partial charge on any atom is 0.220 e. The minimum Gasteiger partial charge on any atom is -0.354 e. The summed E-state index contributed by atoms with van der Waals surface area (Å²) in [6, 6.07) is 0.424. The zero-order chi connectivity index (χ0) is 7.28. The molecular weight excluding hydrogens is 114 g/mol. The Labute approximate surface area is 58.1 Å². The summed E-state index contributed by atoms with van der Waals surface area (Å²) in [5, 5.41) is 2.78. The van der Waals surface area contributed by atoms with Crippen molar-refractivity contribution in [2.45, 2.75) is 39.7 Å². The molecular formula is C7H17NO. The van der Waals surface area contributed by atoms with E-state index in [2.05, 4.69) is 5.32 Å². The van der Waals surface area contributed by atoms with Gasteiger partial charge in [-0.2, -0.15) is 0 Å². The highest BCUT2D eigenvalue weighted by atomic mass is 16.1. The van der Waals surface area contributed by atoms with E-state index in [4.69, 9.17) is 0 Å². The number of hydrogen-bond acceptors (Lipinski definition) is 1. The molecule has 0 saturated carbocycles. The van der Waals surface area contributed by atoms with E-state index in [0.29, 0.717) is 6.04 Å². The topological polar surface area (TPSA) is 29.1 Å². The lowest BCUT2D eigenvalue weighted by atomic mass is 10.3. The van der Waals surface area contributed by atoms with Crippen molar-refractivity contribution in [2.75, 3.05) is 0 Å². The predicted octanol–water partition coefficient (Wildman–Crippen LogP) is 1.56. The molecule has 0 spiro atoms. The molecule has 0 aromatic rings. The van der Waals surface area contributed by atoms with Gasteiger partial charge in [-0.05, 0) is 13.3 Å². The van der Waals surface area contributed by atoms with Gasteiger partial charge in [0.1, 0.15) is 0 Å². The summed E-state index contributed by atoms with van der Waals surface area (Å²) in [6.45, 7) is 6.02. The van der Waals surface area contributed by atoms with Crippen molar-refractivity contribution >= 4 is 5.91 Å². The molecule has 0 aromatic carbocycles. The van der Waals surface area contributed by atoms with Crippen LogP contribution >= 0.6 is 0 Å². The summed E-state index contributed by atoms with van der Waals surface area (Å²) in [7, 11) is 0. The Morgan fingerprint density at radius 1 is 1.67 bits per heavy atom. The maximum atomic E-state index is 10.3. The lowest BCUT2D eigenvalue weighted by Crippen LogP contribution is -2.21. The molecule has 0 aromatic heterocycles. The molecule has 1 N–H and O–H groups in total. The average molecular weight is 131 g/mol. The van der Waals surface area contributed by atoms with Crippen LogP contribution in [0.1, 0.15) is 35.0 Å². The van der Waals surface area contributed by atoms with Gasteiger partial charge in [0.15, 0.2) is 0 Å². The zero-order valence-electron chi connectivity index (χ0n) is 6.40. The number of hydrogen-bond donors (Lipinski definition) is 1. The Bertz CT molecular complexity index is 95.6. The molecule has 0 aliphatic carbocycles. The molecule has 0 bridgehead atoms. The van der Waals surface area contributed by atoms with Crippen LogP contribution in [-0.2, 0) is 4.79 Å². The molecule has 1 atom stereocenters. The lowest BCUT2D eigenvalue weighted by molar-refractivity contribution is -0.119. The first kappa shape index (κ1) is 8.47. The fraction of sp³-hybridized carbons (Fsp3) is 0.857. The molecule has 1 heterocycles. The minimum atomic E-state index is 0. The summed E-state index contributed by atoms with van der Waals surface area (Å²) in [6.07, 6.45) is 1.74. The van der Waals surface area contributed by atoms with Gasteiger partial charge in [-0.1, -0.05) is 13.8 Å². The highest BCUT2D eigenvalue weighted by Crippen LogP contribution is 2.03. The van der Waals surface area contributed by atoms with Crippen molar-refractivity contribution in [3.8, 4) is 0 Å². The summed E-state index contributed by atoms with van der Waals surface area (Å²) in [5.41, 5.74) is 0. The summed E-state index contributed by atoms with van der Waals surface area (Å²) >= 11 is 0. The van der Waals surface area contributed by atoms with Crippen molar-refractivity contribution in [3.05, 3.63) is 0 Å². The average Bonchev–Trinajstić information content (AvgIpc) is 2.20. The van der Waals surface area contributed by atoms with Gasteiger partial charge in [0.25, 0.3) is 0 Å². The first-order valence-corrected chi connectivity index (χ1v) is 3.58. The second kappa shape index (κ2) is 4.36. The van der Waals surface area contributed by atoms with Gasteiger partial charge in [0.05, 0.1) is 0 Å². The smallest absolute Gasteiger partial charge is 0.220 e. The Balaban J connectivity index is 0. The van der Waals surface area contributed by atoms with Crippen molar-refractivity contribution in [3.63, 3.8) is 0 Å². The first-order chi connectivity index (χ1) is 4.29. The van der Waals surface area contributed by atoms with Crippen LogP contribution in [0.2, 0.25) is 0 Å². The van der Waals surface area contributed by atoms with Crippen LogP contribution < -0.4 is 5.32 Å². The van der Waals surface area contributed by atoms with Gasteiger partial charge in [0.2, 0.25) is 5.91 Å². The molecule has 1 saturated heterocycles. The molecule has 2 heteroatoms. The van der Waals surface area contributed by atoms with Gasteiger partial charge in [-0.15, -0.1) is 0 Å². The van der Waals surface area contributed by atoms with Crippen molar-refractivity contribution in [1.82, 2.24) is 5.32 Å². The van der Waals surface area contributed by atoms with E-state index >= 15 is 0 Å². The fourth-order valence-corrected chi connectivity index (χ4v) is 0.767. The third-order valence-electron chi connectivity index (χ3n) is 1.21. The highest BCUT2D eigenvalue weighted by Gasteiger charge is 2.14. The van der Waals surface area contributed by atoms with Crippen LogP contribution in [0.4, 0.5) is 0 Å². The normalized spacial score (nSPS) is 24.3. The summed E-state index contributed by atoms with van der Waals surface area (Å²) < 4.78 is 0. The van der Waals surface area contributed by atoms with E-state index in [1.165, 1.54) is 0 Å². The quantitative estimate of drug-likeness (QED) is 0.531. The van der Waals surface area contributed by atoms with Gasteiger partial charge < -0.3 is 5.32 Å².